The molecule has 0 aliphatic rings. The van der Waals surface area contributed by atoms with E-state index < -0.39 is 0 Å². The van der Waals surface area contributed by atoms with Gasteiger partial charge in [-0.2, -0.15) is 5.26 Å². The van der Waals surface area contributed by atoms with Gasteiger partial charge >= 0.3 is 0 Å². The van der Waals surface area contributed by atoms with Crippen molar-refractivity contribution < 1.29 is 0 Å². The average molecular weight is 359 g/mol. The van der Waals surface area contributed by atoms with Gasteiger partial charge < -0.3 is 0 Å². The van der Waals surface area contributed by atoms with Gasteiger partial charge in [0.1, 0.15) is 12.4 Å². The summed E-state index contributed by atoms with van der Waals surface area (Å²) in [5, 5.41) is 9.58. The number of aromatic nitrogens is 2. The van der Waals surface area contributed by atoms with Crippen LogP contribution >= 0.6 is 22.9 Å². The lowest BCUT2D eigenvalue weighted by Crippen LogP contribution is -2.29. The summed E-state index contributed by atoms with van der Waals surface area (Å²) >= 11 is 7.49. The third kappa shape index (κ3) is 3.49. The lowest BCUT2D eigenvalue weighted by molar-refractivity contribution is 0.307. The van der Waals surface area contributed by atoms with E-state index >= 15 is 0 Å². The molecule has 0 aliphatic heterocycles. The number of para-hydroxylation sites is 1. The molecule has 0 unspecified atom stereocenters. The van der Waals surface area contributed by atoms with E-state index in [0.717, 1.165) is 9.21 Å². The molecule has 0 fully saturated rings. The minimum Gasteiger partial charge on any atom is -0.294 e. The van der Waals surface area contributed by atoms with Gasteiger partial charge in [-0.15, -0.1) is 11.3 Å². The zero-order valence-corrected chi connectivity index (χ0v) is 14.6. The molecule has 0 atom stereocenters. The van der Waals surface area contributed by atoms with E-state index in [4.69, 9.17) is 16.9 Å². The fraction of sp³-hybridized carbons (Fsp3) is 0.235. The highest BCUT2D eigenvalue weighted by Gasteiger charge is 2.13. The van der Waals surface area contributed by atoms with Gasteiger partial charge in [-0.05, 0) is 31.3 Å². The lowest BCUT2D eigenvalue weighted by atomic mass is 10.2. The van der Waals surface area contributed by atoms with Crippen LogP contribution in [-0.2, 0) is 19.6 Å². The normalized spacial score (nSPS) is 11.1. The second-order valence-electron chi connectivity index (χ2n) is 5.47. The van der Waals surface area contributed by atoms with Crippen molar-refractivity contribution in [3.05, 3.63) is 61.8 Å². The summed E-state index contributed by atoms with van der Waals surface area (Å²) in [5.41, 5.74) is 0.476. The molecule has 122 valence electrons. The second kappa shape index (κ2) is 7.14. The Balaban J connectivity index is 1.94. The molecule has 3 aromatic rings. The molecular weight excluding hydrogens is 344 g/mol. The van der Waals surface area contributed by atoms with E-state index in [9.17, 15) is 4.79 Å². The summed E-state index contributed by atoms with van der Waals surface area (Å²) in [6.07, 6.45) is 0. The van der Waals surface area contributed by atoms with Crippen LogP contribution in [-0.4, -0.2) is 21.5 Å². The van der Waals surface area contributed by atoms with Gasteiger partial charge in [0, 0.05) is 11.4 Å². The third-order valence-corrected chi connectivity index (χ3v) is 4.85. The maximum Gasteiger partial charge on any atom is 0.262 e. The molecule has 24 heavy (non-hydrogen) atoms. The summed E-state index contributed by atoms with van der Waals surface area (Å²) in [6, 6.07) is 13.1. The Hall–Kier alpha value is -2.20. The molecule has 0 N–H and O–H groups in total. The van der Waals surface area contributed by atoms with E-state index in [0.29, 0.717) is 29.8 Å². The van der Waals surface area contributed by atoms with Crippen LogP contribution in [0.1, 0.15) is 10.7 Å². The van der Waals surface area contributed by atoms with Crippen LogP contribution in [0.15, 0.2) is 41.2 Å². The van der Waals surface area contributed by atoms with Gasteiger partial charge in [0.15, 0.2) is 0 Å². The molecule has 0 bridgehead atoms. The molecular formula is C17H15ClN4OS. The van der Waals surface area contributed by atoms with Crippen molar-refractivity contribution in [1.29, 1.82) is 5.26 Å². The van der Waals surface area contributed by atoms with Gasteiger partial charge in [0.2, 0.25) is 0 Å². The largest absolute Gasteiger partial charge is 0.294 e. The number of fused-ring (bicyclic) bond motifs is 1. The maximum absolute atomic E-state index is 12.6. The minimum atomic E-state index is -0.176. The van der Waals surface area contributed by atoms with Crippen LogP contribution in [0, 0.1) is 11.3 Å². The van der Waals surface area contributed by atoms with Gasteiger partial charge in [0.25, 0.3) is 5.56 Å². The number of rotatable bonds is 5. The monoisotopic (exact) mass is 358 g/mol. The standard InChI is InChI=1S/C17H15ClN4OS/c1-21(10-12-6-7-15(18)24-12)11-16-20-14-5-3-2-4-13(14)17(23)22(16)9-8-19/h2-7H,9-11H2,1H3. The zero-order valence-electron chi connectivity index (χ0n) is 13.1. The van der Waals surface area contributed by atoms with E-state index in [1.165, 1.54) is 15.9 Å². The second-order valence-corrected chi connectivity index (χ2v) is 7.27. The van der Waals surface area contributed by atoms with Crippen molar-refractivity contribution in [3.63, 3.8) is 0 Å². The smallest absolute Gasteiger partial charge is 0.262 e. The zero-order chi connectivity index (χ0) is 17.1. The van der Waals surface area contributed by atoms with Crippen molar-refractivity contribution >= 4 is 33.8 Å². The van der Waals surface area contributed by atoms with Crippen LogP contribution in [0.25, 0.3) is 10.9 Å². The topological polar surface area (TPSA) is 61.9 Å². The first-order valence-electron chi connectivity index (χ1n) is 7.36. The lowest BCUT2D eigenvalue weighted by Gasteiger charge is -2.18. The van der Waals surface area contributed by atoms with E-state index in [-0.39, 0.29) is 12.1 Å². The molecule has 1 aromatic carbocycles. The molecule has 2 aromatic heterocycles. The van der Waals surface area contributed by atoms with Crippen molar-refractivity contribution in [2.24, 2.45) is 0 Å². The van der Waals surface area contributed by atoms with Crippen LogP contribution in [0.5, 0.6) is 0 Å². The Labute approximate surface area is 148 Å². The number of benzene rings is 1. The predicted molar refractivity (Wildman–Crippen MR) is 96.1 cm³/mol. The number of nitrogens with zero attached hydrogens (tertiary/aromatic N) is 4. The van der Waals surface area contributed by atoms with Crippen LogP contribution < -0.4 is 5.56 Å². The number of hydrogen-bond acceptors (Lipinski definition) is 5. The molecule has 5 nitrogen and oxygen atoms in total. The summed E-state index contributed by atoms with van der Waals surface area (Å²) < 4.78 is 2.20. The van der Waals surface area contributed by atoms with Gasteiger partial charge in [-0.25, -0.2) is 4.98 Å². The van der Waals surface area contributed by atoms with Gasteiger partial charge in [-0.1, -0.05) is 23.7 Å². The Morgan fingerprint density at radius 3 is 2.79 bits per heavy atom. The molecule has 0 saturated heterocycles. The third-order valence-electron chi connectivity index (χ3n) is 3.64. The molecule has 0 amide bonds. The van der Waals surface area contributed by atoms with Crippen molar-refractivity contribution in [2.75, 3.05) is 7.05 Å². The van der Waals surface area contributed by atoms with Crippen molar-refractivity contribution in [2.45, 2.75) is 19.6 Å². The molecule has 3 rings (SSSR count). The van der Waals surface area contributed by atoms with Crippen LogP contribution in [0.3, 0.4) is 0 Å². The summed E-state index contributed by atoms with van der Waals surface area (Å²) in [4.78, 5) is 20.4. The van der Waals surface area contributed by atoms with Crippen molar-refractivity contribution in [1.82, 2.24) is 14.5 Å². The van der Waals surface area contributed by atoms with Crippen LogP contribution in [0.2, 0.25) is 4.34 Å². The number of thiophene rings is 1. The SMILES string of the molecule is CN(Cc1ccc(Cl)s1)Cc1nc2ccccc2c(=O)n1CC#N. The quantitative estimate of drug-likeness (QED) is 0.702. The molecule has 0 radical (unpaired) electrons. The molecule has 2 heterocycles. The van der Waals surface area contributed by atoms with Gasteiger partial charge in [-0.3, -0.25) is 14.3 Å². The first-order chi connectivity index (χ1) is 11.6. The molecule has 0 saturated carbocycles. The average Bonchev–Trinajstić information content (AvgIpc) is 2.96. The highest BCUT2D eigenvalue weighted by molar-refractivity contribution is 7.16. The number of nitriles is 1. The number of halogens is 1. The summed E-state index contributed by atoms with van der Waals surface area (Å²) in [5.74, 6) is 0.588. The summed E-state index contributed by atoms with van der Waals surface area (Å²) in [7, 11) is 1.95. The molecule has 7 heteroatoms. The van der Waals surface area contributed by atoms with Gasteiger partial charge in [0.05, 0.1) is 27.9 Å². The maximum atomic E-state index is 12.6. The minimum absolute atomic E-state index is 0.00925. The van der Waals surface area contributed by atoms with Crippen molar-refractivity contribution in [3.8, 4) is 6.07 Å². The molecule has 0 aliphatic carbocycles. The first kappa shape index (κ1) is 16.7. The van der Waals surface area contributed by atoms with Crippen LogP contribution in [0.4, 0.5) is 0 Å². The highest BCUT2D eigenvalue weighted by atomic mass is 35.5. The summed E-state index contributed by atoms with van der Waals surface area (Å²) in [6.45, 7) is 1.16. The Morgan fingerprint density at radius 2 is 2.08 bits per heavy atom. The Bertz CT molecular complexity index is 973. The number of hydrogen-bond donors (Lipinski definition) is 0. The van der Waals surface area contributed by atoms with E-state index in [1.54, 1.807) is 12.1 Å². The Morgan fingerprint density at radius 1 is 1.29 bits per heavy atom. The van der Waals surface area contributed by atoms with E-state index in [1.807, 2.05) is 42.3 Å². The van der Waals surface area contributed by atoms with E-state index in [2.05, 4.69) is 4.98 Å². The first-order valence-corrected chi connectivity index (χ1v) is 8.56. The predicted octanol–water partition coefficient (Wildman–Crippen LogP) is 3.27. The fourth-order valence-corrected chi connectivity index (χ4v) is 3.74. The molecule has 0 spiro atoms. The fourth-order valence-electron chi connectivity index (χ4n) is 2.57. The Kier molecular flexibility index (Phi) is 4.95. The highest BCUT2D eigenvalue weighted by Crippen LogP contribution is 2.22.